The molecule has 1 N–H and O–H groups in total. The molecule has 3 rings (SSSR count). The minimum absolute atomic E-state index is 0.326. The highest BCUT2D eigenvalue weighted by molar-refractivity contribution is 6.40. The van der Waals surface area contributed by atoms with Crippen LogP contribution in [-0.4, -0.2) is 49.4 Å². The summed E-state index contributed by atoms with van der Waals surface area (Å²) in [6.45, 7) is 1.68. The van der Waals surface area contributed by atoms with E-state index in [-0.39, 0.29) is 11.7 Å². The van der Waals surface area contributed by atoms with Gasteiger partial charge in [-0.15, -0.1) is 0 Å². The average Bonchev–Trinajstić information content (AvgIpc) is 2.96. The van der Waals surface area contributed by atoms with Crippen molar-refractivity contribution in [3.05, 3.63) is 65.7 Å². The predicted molar refractivity (Wildman–Crippen MR) is 100 cm³/mol. The molecule has 5 nitrogen and oxygen atoms in total. The van der Waals surface area contributed by atoms with Crippen LogP contribution in [-0.2, 0) is 22.4 Å². The first-order chi connectivity index (χ1) is 12.7. The van der Waals surface area contributed by atoms with Gasteiger partial charge in [-0.25, -0.2) is 0 Å². The lowest BCUT2D eigenvalue weighted by molar-refractivity contribution is -0.140. The molecule has 0 radical (unpaired) electrons. The van der Waals surface area contributed by atoms with E-state index in [9.17, 15) is 9.59 Å². The van der Waals surface area contributed by atoms with Crippen molar-refractivity contribution in [2.45, 2.75) is 18.9 Å². The Morgan fingerprint density at radius 2 is 1.69 bits per heavy atom. The van der Waals surface area contributed by atoms with Gasteiger partial charge in [0.1, 0.15) is 5.75 Å². The second kappa shape index (κ2) is 8.63. The minimum atomic E-state index is -0.406. The number of benzene rings is 2. The van der Waals surface area contributed by atoms with Crippen molar-refractivity contribution in [3.63, 3.8) is 0 Å². The third kappa shape index (κ3) is 4.49. The van der Waals surface area contributed by atoms with Crippen LogP contribution in [0, 0.1) is 0 Å². The first-order valence-corrected chi connectivity index (χ1v) is 8.90. The maximum atomic E-state index is 12.2. The molecule has 2 aromatic carbocycles. The number of ether oxygens (including phenoxy) is 1. The summed E-state index contributed by atoms with van der Waals surface area (Å²) in [7, 11) is 1.64. The number of carbonyl (C=O) groups is 2. The number of hydrogen-bond donors (Lipinski definition) is 1. The third-order valence-corrected chi connectivity index (χ3v) is 4.69. The van der Waals surface area contributed by atoms with Gasteiger partial charge in [0.25, 0.3) is 5.91 Å². The SMILES string of the molecule is COc1ccc(CCNC2CN(CCc3ccccc3)C(=O)C2=O)cc1. The summed E-state index contributed by atoms with van der Waals surface area (Å²) < 4.78 is 5.14. The maximum absolute atomic E-state index is 12.2. The van der Waals surface area contributed by atoms with Crippen LogP contribution < -0.4 is 10.1 Å². The van der Waals surface area contributed by atoms with Gasteiger partial charge in [0, 0.05) is 13.1 Å². The summed E-state index contributed by atoms with van der Waals surface area (Å²) in [4.78, 5) is 26.0. The van der Waals surface area contributed by atoms with Gasteiger partial charge in [-0.2, -0.15) is 0 Å². The highest BCUT2D eigenvalue weighted by atomic mass is 16.5. The molecule has 0 aliphatic carbocycles. The molecule has 0 spiro atoms. The molecule has 26 heavy (non-hydrogen) atoms. The summed E-state index contributed by atoms with van der Waals surface area (Å²) in [5, 5.41) is 3.22. The van der Waals surface area contributed by atoms with Crippen LogP contribution in [0.2, 0.25) is 0 Å². The van der Waals surface area contributed by atoms with Crippen molar-refractivity contribution in [3.8, 4) is 5.75 Å². The van der Waals surface area contributed by atoms with Crippen LogP contribution in [0.15, 0.2) is 54.6 Å². The van der Waals surface area contributed by atoms with Crippen molar-refractivity contribution in [1.29, 1.82) is 0 Å². The average molecular weight is 352 g/mol. The van der Waals surface area contributed by atoms with E-state index in [2.05, 4.69) is 5.32 Å². The second-order valence-electron chi connectivity index (χ2n) is 6.46. The van der Waals surface area contributed by atoms with Crippen molar-refractivity contribution in [2.24, 2.45) is 0 Å². The molecule has 5 heteroatoms. The fraction of sp³-hybridized carbons (Fsp3) is 0.333. The van der Waals surface area contributed by atoms with E-state index < -0.39 is 6.04 Å². The van der Waals surface area contributed by atoms with Crippen molar-refractivity contribution in [2.75, 3.05) is 26.7 Å². The lowest BCUT2D eigenvalue weighted by atomic mass is 10.1. The quantitative estimate of drug-likeness (QED) is 0.737. The number of nitrogens with zero attached hydrogens (tertiary/aromatic N) is 1. The number of rotatable bonds is 8. The van der Waals surface area contributed by atoms with Crippen molar-refractivity contribution >= 4 is 11.7 Å². The van der Waals surface area contributed by atoms with E-state index in [0.29, 0.717) is 19.6 Å². The maximum Gasteiger partial charge on any atom is 0.291 e. The van der Waals surface area contributed by atoms with Gasteiger partial charge >= 0.3 is 0 Å². The van der Waals surface area contributed by atoms with Crippen LogP contribution in [0.25, 0.3) is 0 Å². The van der Waals surface area contributed by atoms with E-state index in [4.69, 9.17) is 4.74 Å². The van der Waals surface area contributed by atoms with E-state index in [0.717, 1.165) is 24.2 Å². The Labute approximate surface area is 154 Å². The van der Waals surface area contributed by atoms with Gasteiger partial charge in [-0.05, 0) is 42.6 Å². The van der Waals surface area contributed by atoms with E-state index >= 15 is 0 Å². The first-order valence-electron chi connectivity index (χ1n) is 8.90. The molecule has 136 valence electrons. The fourth-order valence-corrected chi connectivity index (χ4v) is 3.13. The summed E-state index contributed by atoms with van der Waals surface area (Å²) >= 11 is 0. The van der Waals surface area contributed by atoms with Gasteiger partial charge < -0.3 is 15.0 Å². The number of ketones is 1. The number of carbonyl (C=O) groups excluding carboxylic acids is 2. The zero-order chi connectivity index (χ0) is 18.4. The van der Waals surface area contributed by atoms with Gasteiger partial charge in [0.15, 0.2) is 0 Å². The molecular formula is C21H24N2O3. The molecule has 1 unspecified atom stereocenters. The Morgan fingerprint density at radius 3 is 2.38 bits per heavy atom. The van der Waals surface area contributed by atoms with E-state index in [1.54, 1.807) is 12.0 Å². The number of nitrogens with one attached hydrogen (secondary N) is 1. The summed E-state index contributed by atoms with van der Waals surface area (Å²) in [5.41, 5.74) is 2.33. The molecule has 1 aliphatic heterocycles. The molecule has 2 aromatic rings. The van der Waals surface area contributed by atoms with Gasteiger partial charge in [0.2, 0.25) is 5.78 Å². The Hall–Kier alpha value is -2.66. The lowest BCUT2D eigenvalue weighted by Gasteiger charge is -2.16. The van der Waals surface area contributed by atoms with Crippen LogP contribution in [0.3, 0.4) is 0 Å². The normalized spacial score (nSPS) is 17.0. The third-order valence-electron chi connectivity index (χ3n) is 4.69. The fourth-order valence-electron chi connectivity index (χ4n) is 3.13. The highest BCUT2D eigenvalue weighted by Gasteiger charge is 2.37. The zero-order valence-corrected chi connectivity index (χ0v) is 15.0. The number of Topliss-reactive ketones (excluding diaryl/α,β-unsaturated/α-hetero) is 1. The molecule has 1 atom stereocenters. The number of amides is 1. The lowest BCUT2D eigenvalue weighted by Crippen LogP contribution is -2.38. The number of methoxy groups -OCH3 is 1. The van der Waals surface area contributed by atoms with Gasteiger partial charge in [-0.1, -0.05) is 42.5 Å². The topological polar surface area (TPSA) is 58.6 Å². The smallest absolute Gasteiger partial charge is 0.291 e. The van der Waals surface area contributed by atoms with Crippen LogP contribution in [0.1, 0.15) is 11.1 Å². The molecule has 0 bridgehead atoms. The Kier molecular flexibility index (Phi) is 6.02. The van der Waals surface area contributed by atoms with Gasteiger partial charge in [-0.3, -0.25) is 9.59 Å². The predicted octanol–water partition coefficient (Wildman–Crippen LogP) is 1.85. The van der Waals surface area contributed by atoms with Gasteiger partial charge in [0.05, 0.1) is 13.2 Å². The molecular weight excluding hydrogens is 328 g/mol. The zero-order valence-electron chi connectivity index (χ0n) is 15.0. The molecule has 1 fully saturated rings. The summed E-state index contributed by atoms with van der Waals surface area (Å²) in [6.07, 6.45) is 1.56. The molecule has 1 amide bonds. The van der Waals surface area contributed by atoms with E-state index in [1.807, 2.05) is 54.6 Å². The Balaban J connectivity index is 1.46. The van der Waals surface area contributed by atoms with Crippen molar-refractivity contribution in [1.82, 2.24) is 10.2 Å². The largest absolute Gasteiger partial charge is 0.497 e. The summed E-state index contributed by atoms with van der Waals surface area (Å²) in [5.74, 6) is 0.128. The number of likely N-dealkylation sites (tertiary alicyclic amines) is 1. The van der Waals surface area contributed by atoms with Crippen LogP contribution in [0.5, 0.6) is 5.75 Å². The number of hydrogen-bond acceptors (Lipinski definition) is 4. The molecule has 1 heterocycles. The standard InChI is InChI=1S/C21H24N2O3/c1-26-18-9-7-17(8-10-18)11-13-22-19-15-23(21(25)20(19)24)14-12-16-5-3-2-4-6-16/h2-10,19,22H,11-15H2,1H3. The monoisotopic (exact) mass is 352 g/mol. The van der Waals surface area contributed by atoms with Crippen molar-refractivity contribution < 1.29 is 14.3 Å². The summed E-state index contributed by atoms with van der Waals surface area (Å²) in [6, 6.07) is 17.5. The highest BCUT2D eigenvalue weighted by Crippen LogP contribution is 2.12. The van der Waals surface area contributed by atoms with Crippen LogP contribution in [0.4, 0.5) is 0 Å². The molecule has 1 saturated heterocycles. The molecule has 1 aliphatic rings. The van der Waals surface area contributed by atoms with Crippen LogP contribution >= 0.6 is 0 Å². The Morgan fingerprint density at radius 1 is 1.00 bits per heavy atom. The first kappa shape index (κ1) is 18.1. The minimum Gasteiger partial charge on any atom is -0.497 e. The van der Waals surface area contributed by atoms with E-state index in [1.165, 1.54) is 5.56 Å². The molecule has 0 aromatic heterocycles. The Bertz CT molecular complexity index is 744. The second-order valence-corrected chi connectivity index (χ2v) is 6.46. The molecule has 0 saturated carbocycles.